The van der Waals surface area contributed by atoms with Crippen LogP contribution in [0.15, 0.2) is 12.1 Å². The summed E-state index contributed by atoms with van der Waals surface area (Å²) < 4.78 is 11.6. The van der Waals surface area contributed by atoms with Gasteiger partial charge in [-0.15, -0.1) is 0 Å². The first kappa shape index (κ1) is 16.1. The number of ether oxygens (including phenoxy) is 2. The van der Waals surface area contributed by atoms with Crippen LogP contribution in [-0.2, 0) is 16.0 Å². The highest BCUT2D eigenvalue weighted by Gasteiger charge is 2.25. The highest BCUT2D eigenvalue weighted by molar-refractivity contribution is 14.1. The number of likely N-dealkylation sites (tertiary alicyclic amines) is 1. The third kappa shape index (κ3) is 3.66. The summed E-state index contributed by atoms with van der Waals surface area (Å²) in [6.45, 7) is 0.420. The second kappa shape index (κ2) is 7.11. The molecule has 0 radical (unpaired) electrons. The van der Waals surface area contributed by atoms with Gasteiger partial charge in [0.1, 0.15) is 0 Å². The molecule has 0 N–H and O–H groups in total. The molecule has 1 aliphatic rings. The molecule has 21 heavy (non-hydrogen) atoms. The van der Waals surface area contributed by atoms with Gasteiger partial charge in [-0.2, -0.15) is 0 Å². The zero-order valence-electron chi connectivity index (χ0n) is 12.1. The first-order valence-electron chi connectivity index (χ1n) is 6.80. The van der Waals surface area contributed by atoms with E-state index in [1.54, 1.807) is 14.2 Å². The van der Waals surface area contributed by atoms with Crippen molar-refractivity contribution in [1.82, 2.24) is 4.90 Å². The molecule has 114 valence electrons. The topological polar surface area (TPSA) is 55.8 Å². The van der Waals surface area contributed by atoms with Crippen molar-refractivity contribution >= 4 is 34.4 Å². The van der Waals surface area contributed by atoms with Crippen LogP contribution >= 0.6 is 22.6 Å². The number of carbonyl (C=O) groups excluding carboxylic acids is 2. The van der Waals surface area contributed by atoms with E-state index in [0.717, 1.165) is 9.13 Å². The highest BCUT2D eigenvalue weighted by atomic mass is 127. The van der Waals surface area contributed by atoms with Crippen LogP contribution in [0.1, 0.15) is 24.8 Å². The number of rotatable bonds is 5. The van der Waals surface area contributed by atoms with Gasteiger partial charge >= 0.3 is 0 Å². The third-order valence-corrected chi connectivity index (χ3v) is 4.54. The van der Waals surface area contributed by atoms with E-state index in [1.807, 2.05) is 12.1 Å². The summed E-state index contributed by atoms with van der Waals surface area (Å²) >= 11 is 2.22. The zero-order valence-corrected chi connectivity index (χ0v) is 14.3. The number of piperidine rings is 1. The van der Waals surface area contributed by atoms with Crippen LogP contribution in [0.25, 0.3) is 0 Å². The predicted octanol–water partition coefficient (Wildman–Crippen LogP) is 2.39. The molecule has 0 atom stereocenters. The minimum absolute atomic E-state index is 0.0678. The number of benzene rings is 1. The molecule has 0 aliphatic carbocycles. The molecule has 0 spiro atoms. The smallest absolute Gasteiger partial charge is 0.229 e. The number of halogens is 1. The standard InChI is InChI=1S/C15H18INO4/c1-20-12-8-10(11(16)9-13(12)21-2)6-7-17-14(18)4-3-5-15(17)19/h8-9H,3-7H2,1-2H3. The van der Waals surface area contributed by atoms with Crippen molar-refractivity contribution in [2.24, 2.45) is 0 Å². The number of carbonyl (C=O) groups is 2. The summed E-state index contributed by atoms with van der Waals surface area (Å²) in [4.78, 5) is 25.0. The Hall–Kier alpha value is -1.31. The normalized spacial score (nSPS) is 15.3. The number of methoxy groups -OCH3 is 2. The van der Waals surface area contributed by atoms with Crippen LogP contribution in [0.4, 0.5) is 0 Å². The number of imide groups is 1. The number of hydrogen-bond acceptors (Lipinski definition) is 4. The lowest BCUT2D eigenvalue weighted by atomic mass is 10.1. The molecule has 0 unspecified atom stereocenters. The molecule has 5 nitrogen and oxygen atoms in total. The molecule has 2 amide bonds. The van der Waals surface area contributed by atoms with Gasteiger partial charge in [-0.25, -0.2) is 0 Å². The number of amides is 2. The maximum absolute atomic E-state index is 11.8. The molecule has 1 aromatic carbocycles. The van der Waals surface area contributed by atoms with E-state index in [4.69, 9.17) is 9.47 Å². The second-order valence-electron chi connectivity index (χ2n) is 4.84. The summed E-state index contributed by atoms with van der Waals surface area (Å²) in [7, 11) is 3.19. The largest absolute Gasteiger partial charge is 0.493 e. The van der Waals surface area contributed by atoms with Gasteiger partial charge in [0.15, 0.2) is 11.5 Å². The molecule has 0 saturated carbocycles. The quantitative estimate of drug-likeness (QED) is 0.560. The number of nitrogens with zero attached hydrogens (tertiary/aromatic N) is 1. The molecule has 2 rings (SSSR count). The van der Waals surface area contributed by atoms with E-state index in [9.17, 15) is 9.59 Å². The molecule has 0 aromatic heterocycles. The van der Waals surface area contributed by atoms with E-state index < -0.39 is 0 Å². The first-order chi connectivity index (χ1) is 10.1. The Morgan fingerprint density at radius 3 is 2.24 bits per heavy atom. The summed E-state index contributed by atoms with van der Waals surface area (Å²) in [5.41, 5.74) is 1.04. The van der Waals surface area contributed by atoms with Crippen molar-refractivity contribution in [3.63, 3.8) is 0 Å². The average molecular weight is 403 g/mol. The van der Waals surface area contributed by atoms with Gasteiger partial charge < -0.3 is 9.47 Å². The van der Waals surface area contributed by atoms with E-state index in [0.29, 0.717) is 43.7 Å². The van der Waals surface area contributed by atoms with Crippen molar-refractivity contribution in [1.29, 1.82) is 0 Å². The van der Waals surface area contributed by atoms with E-state index in [2.05, 4.69) is 22.6 Å². The lowest BCUT2D eigenvalue weighted by molar-refractivity contribution is -0.147. The van der Waals surface area contributed by atoms with Crippen LogP contribution in [-0.4, -0.2) is 37.5 Å². The summed E-state index contributed by atoms with van der Waals surface area (Å²) in [5, 5.41) is 0. The van der Waals surface area contributed by atoms with Crippen LogP contribution in [0, 0.1) is 3.57 Å². The second-order valence-corrected chi connectivity index (χ2v) is 6.00. The van der Waals surface area contributed by atoms with Crippen molar-refractivity contribution in [2.45, 2.75) is 25.7 Å². The minimum Gasteiger partial charge on any atom is -0.493 e. The average Bonchev–Trinajstić information content (AvgIpc) is 2.47. The summed E-state index contributed by atoms with van der Waals surface area (Å²) in [6.07, 6.45) is 2.22. The molecular formula is C15H18INO4. The SMILES string of the molecule is COc1cc(I)c(CCN2C(=O)CCCC2=O)cc1OC. The molecule has 1 aromatic rings. The summed E-state index contributed by atoms with van der Waals surface area (Å²) in [5.74, 6) is 1.20. The fourth-order valence-corrected chi connectivity index (χ4v) is 3.08. The molecule has 1 aliphatic heterocycles. The Bertz CT molecular complexity index is 543. The van der Waals surface area contributed by atoms with Crippen molar-refractivity contribution in [3.05, 3.63) is 21.3 Å². The fourth-order valence-electron chi connectivity index (χ4n) is 2.37. The predicted molar refractivity (Wildman–Crippen MR) is 86.5 cm³/mol. The Balaban J connectivity index is 2.12. The molecule has 1 fully saturated rings. The third-order valence-electron chi connectivity index (χ3n) is 3.54. The van der Waals surface area contributed by atoms with Gasteiger partial charge in [-0.3, -0.25) is 14.5 Å². The van der Waals surface area contributed by atoms with E-state index in [-0.39, 0.29) is 11.8 Å². The Morgan fingerprint density at radius 1 is 1.10 bits per heavy atom. The molecule has 0 bridgehead atoms. The number of hydrogen-bond donors (Lipinski definition) is 0. The summed E-state index contributed by atoms with van der Waals surface area (Å²) in [6, 6.07) is 3.80. The fraction of sp³-hybridized carbons (Fsp3) is 0.467. The molecule has 1 heterocycles. The van der Waals surface area contributed by atoms with Gasteiger partial charge in [-0.1, -0.05) is 0 Å². The molecule has 6 heteroatoms. The van der Waals surface area contributed by atoms with Crippen molar-refractivity contribution in [2.75, 3.05) is 20.8 Å². The van der Waals surface area contributed by atoms with Crippen molar-refractivity contribution < 1.29 is 19.1 Å². The van der Waals surface area contributed by atoms with Gasteiger partial charge in [0.2, 0.25) is 11.8 Å². The van der Waals surface area contributed by atoms with Gasteiger partial charge in [-0.05, 0) is 53.1 Å². The lowest BCUT2D eigenvalue weighted by Gasteiger charge is -2.25. The van der Waals surface area contributed by atoms with Crippen LogP contribution in [0.2, 0.25) is 0 Å². The van der Waals surface area contributed by atoms with Gasteiger partial charge in [0, 0.05) is 23.0 Å². The first-order valence-corrected chi connectivity index (χ1v) is 7.88. The van der Waals surface area contributed by atoms with E-state index >= 15 is 0 Å². The Labute approximate surface area is 137 Å². The molecule has 1 saturated heterocycles. The van der Waals surface area contributed by atoms with Crippen LogP contribution < -0.4 is 9.47 Å². The molecular weight excluding hydrogens is 385 g/mol. The van der Waals surface area contributed by atoms with Crippen molar-refractivity contribution in [3.8, 4) is 11.5 Å². The Morgan fingerprint density at radius 2 is 1.67 bits per heavy atom. The van der Waals surface area contributed by atoms with Crippen LogP contribution in [0.3, 0.4) is 0 Å². The zero-order chi connectivity index (χ0) is 15.4. The monoisotopic (exact) mass is 403 g/mol. The Kier molecular flexibility index (Phi) is 5.44. The van der Waals surface area contributed by atoms with Gasteiger partial charge in [0.25, 0.3) is 0 Å². The van der Waals surface area contributed by atoms with E-state index in [1.165, 1.54) is 4.90 Å². The highest BCUT2D eigenvalue weighted by Crippen LogP contribution is 2.31. The maximum atomic E-state index is 11.8. The van der Waals surface area contributed by atoms with Gasteiger partial charge in [0.05, 0.1) is 14.2 Å². The lowest BCUT2D eigenvalue weighted by Crippen LogP contribution is -2.41. The minimum atomic E-state index is -0.0678. The van der Waals surface area contributed by atoms with Crippen LogP contribution in [0.5, 0.6) is 11.5 Å². The maximum Gasteiger partial charge on any atom is 0.229 e.